The number of hydrogen-bond donors (Lipinski definition) is 1. The van der Waals surface area contributed by atoms with Crippen molar-refractivity contribution >= 4 is 23.2 Å². The molecule has 0 saturated heterocycles. The maximum Gasteiger partial charge on any atom is 0.255 e. The Morgan fingerprint density at radius 3 is 2.04 bits per heavy atom. The van der Waals surface area contributed by atoms with Crippen molar-refractivity contribution in [1.29, 1.82) is 0 Å². The van der Waals surface area contributed by atoms with E-state index in [9.17, 15) is 9.59 Å². The van der Waals surface area contributed by atoms with Gasteiger partial charge in [-0.1, -0.05) is 55.1 Å². The maximum absolute atomic E-state index is 12.3. The van der Waals surface area contributed by atoms with Crippen LogP contribution in [0.3, 0.4) is 0 Å². The smallest absolute Gasteiger partial charge is 0.255 e. The fourth-order valence-electron chi connectivity index (χ4n) is 2.68. The van der Waals surface area contributed by atoms with Crippen molar-refractivity contribution in [1.82, 2.24) is 0 Å². The summed E-state index contributed by atoms with van der Waals surface area (Å²) < 4.78 is 0. The number of carbonyl (C=O) groups is 2. The van der Waals surface area contributed by atoms with Gasteiger partial charge in [0.05, 0.1) is 6.54 Å². The van der Waals surface area contributed by atoms with E-state index >= 15 is 0 Å². The second kappa shape index (κ2) is 8.63. The summed E-state index contributed by atoms with van der Waals surface area (Å²) in [5.74, 6) is -0.345. The van der Waals surface area contributed by atoms with Crippen molar-refractivity contribution in [2.75, 3.05) is 10.2 Å². The Bertz CT molecular complexity index is 920. The summed E-state index contributed by atoms with van der Waals surface area (Å²) in [6.07, 6.45) is 1.30. The van der Waals surface area contributed by atoms with Gasteiger partial charge >= 0.3 is 0 Å². The molecule has 0 bridgehead atoms. The molecule has 3 aromatic rings. The standard InChI is InChI=1S/C23H20N2O2/c1-2-22(26)25(21-11-7-4-8-12-21)17-18-13-15-19(16-14-18)23(27)24-20-9-5-3-6-10-20/h2-16H,1,17H2,(H,24,27). The average Bonchev–Trinajstić information content (AvgIpc) is 2.73. The van der Waals surface area contributed by atoms with E-state index in [1.165, 1.54) is 6.08 Å². The van der Waals surface area contributed by atoms with Crippen molar-refractivity contribution in [3.8, 4) is 0 Å². The lowest BCUT2D eigenvalue weighted by molar-refractivity contribution is -0.114. The normalized spacial score (nSPS) is 10.1. The van der Waals surface area contributed by atoms with Gasteiger partial charge in [-0.2, -0.15) is 0 Å². The molecule has 3 aromatic carbocycles. The minimum Gasteiger partial charge on any atom is -0.322 e. The Morgan fingerprint density at radius 1 is 0.852 bits per heavy atom. The lowest BCUT2D eigenvalue weighted by Crippen LogP contribution is -2.28. The maximum atomic E-state index is 12.3. The van der Waals surface area contributed by atoms with E-state index in [1.54, 1.807) is 17.0 Å². The SMILES string of the molecule is C=CC(=O)N(Cc1ccc(C(=O)Nc2ccccc2)cc1)c1ccccc1. The number of rotatable bonds is 6. The first-order chi connectivity index (χ1) is 13.2. The largest absolute Gasteiger partial charge is 0.322 e. The van der Waals surface area contributed by atoms with Crippen molar-refractivity contribution in [3.63, 3.8) is 0 Å². The van der Waals surface area contributed by atoms with Crippen LogP contribution in [0.4, 0.5) is 11.4 Å². The molecule has 134 valence electrons. The molecule has 0 saturated carbocycles. The zero-order chi connectivity index (χ0) is 19.1. The van der Waals surface area contributed by atoms with Crippen molar-refractivity contribution in [3.05, 3.63) is 109 Å². The van der Waals surface area contributed by atoms with Crippen LogP contribution in [0.1, 0.15) is 15.9 Å². The highest BCUT2D eigenvalue weighted by atomic mass is 16.2. The van der Waals surface area contributed by atoms with Gasteiger partial charge in [-0.05, 0) is 48.0 Å². The third kappa shape index (κ3) is 4.70. The first kappa shape index (κ1) is 18.1. The minimum absolute atomic E-state index is 0.171. The van der Waals surface area contributed by atoms with E-state index in [1.807, 2.05) is 72.8 Å². The number of hydrogen-bond acceptors (Lipinski definition) is 2. The Balaban J connectivity index is 1.73. The summed E-state index contributed by atoms with van der Waals surface area (Å²) in [7, 11) is 0. The monoisotopic (exact) mass is 356 g/mol. The van der Waals surface area contributed by atoms with E-state index in [0.29, 0.717) is 12.1 Å². The van der Waals surface area contributed by atoms with Gasteiger partial charge in [-0.25, -0.2) is 0 Å². The predicted molar refractivity (Wildman–Crippen MR) is 109 cm³/mol. The Hall–Kier alpha value is -3.66. The highest BCUT2D eigenvalue weighted by Gasteiger charge is 2.14. The number of benzene rings is 3. The molecule has 0 unspecified atom stereocenters. The summed E-state index contributed by atoms with van der Waals surface area (Å²) in [5.41, 5.74) is 3.03. The molecular weight excluding hydrogens is 336 g/mol. The van der Waals surface area contributed by atoms with Crippen LogP contribution in [0.2, 0.25) is 0 Å². The van der Waals surface area contributed by atoms with E-state index < -0.39 is 0 Å². The number of carbonyl (C=O) groups excluding carboxylic acids is 2. The van der Waals surface area contributed by atoms with Gasteiger partial charge in [-0.3, -0.25) is 9.59 Å². The van der Waals surface area contributed by atoms with Crippen LogP contribution in [0.15, 0.2) is 97.6 Å². The molecule has 4 nitrogen and oxygen atoms in total. The van der Waals surface area contributed by atoms with E-state index in [-0.39, 0.29) is 11.8 Å². The molecule has 4 heteroatoms. The molecule has 0 aliphatic carbocycles. The van der Waals surface area contributed by atoms with Gasteiger partial charge in [-0.15, -0.1) is 0 Å². The topological polar surface area (TPSA) is 49.4 Å². The zero-order valence-electron chi connectivity index (χ0n) is 14.8. The number of anilines is 2. The van der Waals surface area contributed by atoms with Gasteiger partial charge in [0.2, 0.25) is 0 Å². The zero-order valence-corrected chi connectivity index (χ0v) is 14.8. The Kier molecular flexibility index (Phi) is 5.80. The molecule has 2 amide bonds. The lowest BCUT2D eigenvalue weighted by Gasteiger charge is -2.21. The summed E-state index contributed by atoms with van der Waals surface area (Å²) in [5, 5.41) is 2.85. The molecule has 0 radical (unpaired) electrons. The summed E-state index contributed by atoms with van der Waals surface area (Å²) >= 11 is 0. The lowest BCUT2D eigenvalue weighted by atomic mass is 10.1. The van der Waals surface area contributed by atoms with E-state index in [4.69, 9.17) is 0 Å². The molecule has 0 aromatic heterocycles. The molecule has 1 N–H and O–H groups in total. The Labute approximate surface area is 158 Å². The van der Waals surface area contributed by atoms with Crippen LogP contribution in [0, 0.1) is 0 Å². The number of nitrogens with zero attached hydrogens (tertiary/aromatic N) is 1. The van der Waals surface area contributed by atoms with Crippen LogP contribution in [0.25, 0.3) is 0 Å². The van der Waals surface area contributed by atoms with Crippen LogP contribution < -0.4 is 10.2 Å². The number of nitrogens with one attached hydrogen (secondary N) is 1. The number of amides is 2. The van der Waals surface area contributed by atoms with Gasteiger partial charge < -0.3 is 10.2 Å². The van der Waals surface area contributed by atoms with Crippen LogP contribution in [0.5, 0.6) is 0 Å². The van der Waals surface area contributed by atoms with Crippen molar-refractivity contribution in [2.24, 2.45) is 0 Å². The first-order valence-corrected chi connectivity index (χ1v) is 8.61. The van der Waals surface area contributed by atoms with Gasteiger partial charge in [0.1, 0.15) is 0 Å². The second-order valence-corrected chi connectivity index (χ2v) is 5.98. The van der Waals surface area contributed by atoms with Gasteiger partial charge in [0, 0.05) is 16.9 Å². The molecule has 0 spiro atoms. The van der Waals surface area contributed by atoms with Gasteiger partial charge in [0.15, 0.2) is 0 Å². The fraction of sp³-hybridized carbons (Fsp3) is 0.0435. The minimum atomic E-state index is -0.174. The molecule has 3 rings (SSSR count). The number of para-hydroxylation sites is 2. The second-order valence-electron chi connectivity index (χ2n) is 5.98. The molecular formula is C23H20N2O2. The van der Waals surface area contributed by atoms with Gasteiger partial charge in [0.25, 0.3) is 11.8 Å². The molecule has 0 aliphatic rings. The molecule has 0 fully saturated rings. The summed E-state index contributed by atoms with van der Waals surface area (Å²) in [6.45, 7) is 3.98. The highest BCUT2D eigenvalue weighted by molar-refractivity contribution is 6.04. The summed E-state index contributed by atoms with van der Waals surface area (Å²) in [4.78, 5) is 26.2. The Morgan fingerprint density at radius 2 is 1.44 bits per heavy atom. The van der Waals surface area contributed by atoms with E-state index in [2.05, 4.69) is 11.9 Å². The average molecular weight is 356 g/mol. The van der Waals surface area contributed by atoms with Crippen molar-refractivity contribution in [2.45, 2.75) is 6.54 Å². The molecule has 0 heterocycles. The third-order valence-corrected chi connectivity index (χ3v) is 4.10. The molecule has 0 aliphatic heterocycles. The fourth-order valence-corrected chi connectivity index (χ4v) is 2.68. The summed E-state index contributed by atoms with van der Waals surface area (Å²) in [6, 6.07) is 26.0. The predicted octanol–water partition coefficient (Wildman–Crippen LogP) is 4.66. The van der Waals surface area contributed by atoms with Crippen LogP contribution >= 0.6 is 0 Å². The molecule has 27 heavy (non-hydrogen) atoms. The van der Waals surface area contributed by atoms with Crippen LogP contribution in [-0.4, -0.2) is 11.8 Å². The first-order valence-electron chi connectivity index (χ1n) is 8.61. The third-order valence-electron chi connectivity index (χ3n) is 4.10. The van der Waals surface area contributed by atoms with Crippen molar-refractivity contribution < 1.29 is 9.59 Å². The van der Waals surface area contributed by atoms with Crippen LogP contribution in [-0.2, 0) is 11.3 Å². The quantitative estimate of drug-likeness (QED) is 0.653. The highest BCUT2D eigenvalue weighted by Crippen LogP contribution is 2.18. The molecule has 0 atom stereocenters. The van der Waals surface area contributed by atoms with E-state index in [0.717, 1.165) is 16.9 Å².